The molecule has 0 radical (unpaired) electrons. The number of rotatable bonds is 23. The van der Waals surface area contributed by atoms with E-state index in [-0.39, 0.29) is 46.8 Å². The number of hydrogen-bond donors (Lipinski definition) is 5. The van der Waals surface area contributed by atoms with Crippen LogP contribution in [0, 0.1) is 30.3 Å². The monoisotopic (exact) mass is 1520 g/mol. The molecule has 30 heteroatoms. The highest BCUT2D eigenvalue weighted by molar-refractivity contribution is 8.13. The summed E-state index contributed by atoms with van der Waals surface area (Å²) in [6, 6.07) is 45.0. The van der Waals surface area contributed by atoms with E-state index in [9.17, 15) is 52.0 Å². The van der Waals surface area contributed by atoms with E-state index < -0.39 is 29.0 Å². The van der Waals surface area contributed by atoms with Gasteiger partial charge in [0.25, 0.3) is 39.1 Å². The fourth-order valence-electron chi connectivity index (χ4n) is 11.7. The summed E-state index contributed by atoms with van der Waals surface area (Å²) < 4.78 is 56.5. The maximum Gasteiger partial charge on any atom is 0.300 e. The first-order chi connectivity index (χ1) is 50.9. The summed E-state index contributed by atoms with van der Waals surface area (Å²) >= 11 is 0. The smallest absolute Gasteiger partial charge is 0.300 e. The molecule has 8 aromatic rings. The van der Waals surface area contributed by atoms with Crippen molar-refractivity contribution in [1.29, 1.82) is 0 Å². The van der Waals surface area contributed by atoms with Crippen molar-refractivity contribution in [2.75, 3.05) is 116 Å². The molecular formula is C76H101ClN12O15S2. The summed E-state index contributed by atoms with van der Waals surface area (Å²) in [4.78, 5) is 58.1. The fourth-order valence-corrected chi connectivity index (χ4v) is 12.1. The van der Waals surface area contributed by atoms with Gasteiger partial charge in [0.1, 0.15) is 22.7 Å². The molecule has 4 aliphatic rings. The number of carbonyl (C=O) groups excluding carboxylic acids is 1. The number of hydrogen-bond acceptors (Lipinski definition) is 23. The number of amides is 1. The molecule has 4 saturated heterocycles. The van der Waals surface area contributed by atoms with Crippen LogP contribution in [-0.4, -0.2) is 172 Å². The lowest BCUT2D eigenvalue weighted by Gasteiger charge is -2.26. The van der Waals surface area contributed by atoms with Gasteiger partial charge in [0.15, 0.2) is 5.58 Å². The van der Waals surface area contributed by atoms with Gasteiger partial charge in [-0.2, -0.15) is 13.4 Å². The van der Waals surface area contributed by atoms with E-state index in [2.05, 4.69) is 85.8 Å². The Bertz CT molecular complexity index is 4210. The number of ether oxygens (including phenoxy) is 1. The van der Waals surface area contributed by atoms with Crippen molar-refractivity contribution in [1.82, 2.24) is 35.3 Å². The number of anilines is 3. The largest absolute Gasteiger partial charge is 0.457 e. The highest BCUT2D eigenvalue weighted by Gasteiger charge is 2.16. The lowest BCUT2D eigenvalue weighted by Crippen LogP contribution is -2.31. The first-order valence-corrected chi connectivity index (χ1v) is 40.3. The summed E-state index contributed by atoms with van der Waals surface area (Å²) in [5.74, 6) is 0.818. The summed E-state index contributed by atoms with van der Waals surface area (Å²) in [6.07, 6.45) is 23.5. The van der Waals surface area contributed by atoms with Crippen LogP contribution in [-0.2, 0) is 55.5 Å². The molecule has 6 heterocycles. The third kappa shape index (κ3) is 35.8. The number of carbonyl (C=O) groups is 1. The van der Waals surface area contributed by atoms with E-state index in [1.165, 1.54) is 178 Å². The molecule has 0 atom stereocenters. The van der Waals surface area contributed by atoms with Crippen LogP contribution in [0.5, 0.6) is 11.5 Å². The minimum Gasteiger partial charge on any atom is -0.457 e. The molecule has 0 saturated carbocycles. The van der Waals surface area contributed by atoms with Gasteiger partial charge < -0.3 is 50.6 Å². The molecule has 0 unspecified atom stereocenters. The van der Waals surface area contributed by atoms with E-state index in [4.69, 9.17) is 20.0 Å². The van der Waals surface area contributed by atoms with Crippen molar-refractivity contribution in [2.45, 2.75) is 109 Å². The number of nitrogens with one attached hydrogen (secondary N) is 3. The van der Waals surface area contributed by atoms with Crippen LogP contribution < -0.4 is 26.4 Å². The van der Waals surface area contributed by atoms with Gasteiger partial charge >= 0.3 is 0 Å². The Kier molecular flexibility index (Phi) is 37.9. The SMILES string of the molecule is C1CCNCC1.CNC(=O)c1cc(Oc2ccc3nc(Nc4cccc(CCN5CCCCC5)c4)oc3c2)ccn1.CS(=O)(=O)Cl.CS(=O)(=O)OCCc1cccc([N+](=O)[O-])c1.Nc1cccc(CCN2CCCCC2)c1.O=[N+]([O-])c1cccc(CCN2CCCCC2)c1.O=[N+]([O-])c1cccc(CCO)c1. The fraction of sp³-hybridized carbons (Fsp3) is 0.434. The van der Waals surface area contributed by atoms with E-state index in [0.717, 1.165) is 72.9 Å². The topological polar surface area (TPSA) is 364 Å². The van der Waals surface area contributed by atoms with Crippen LogP contribution in [0.2, 0.25) is 0 Å². The Morgan fingerprint density at radius 2 is 1.01 bits per heavy atom. The predicted molar refractivity (Wildman–Crippen MR) is 416 cm³/mol. The Balaban J connectivity index is 0.000000211. The summed E-state index contributed by atoms with van der Waals surface area (Å²) in [5.41, 5.74) is 14.6. The molecule has 27 nitrogen and oxygen atoms in total. The molecule has 0 aliphatic carbocycles. The normalized spacial score (nSPS) is 14.6. The zero-order valence-electron chi connectivity index (χ0n) is 60.7. The molecule has 2 aromatic heterocycles. The van der Waals surface area contributed by atoms with Gasteiger partial charge in [0.05, 0.1) is 33.9 Å². The number of oxazole rings is 1. The number of aliphatic hydroxyl groups excluding tert-OH is 1. The number of nitro groups is 3. The minimum atomic E-state index is -3.45. The van der Waals surface area contributed by atoms with Crippen LogP contribution in [0.15, 0.2) is 162 Å². The zero-order chi connectivity index (χ0) is 76.5. The lowest BCUT2D eigenvalue weighted by atomic mass is 10.1. The number of aromatic nitrogens is 2. The summed E-state index contributed by atoms with van der Waals surface area (Å²) in [7, 11) is -0.584. The van der Waals surface area contributed by atoms with Crippen molar-refractivity contribution in [2.24, 2.45) is 0 Å². The highest BCUT2D eigenvalue weighted by atomic mass is 35.7. The van der Waals surface area contributed by atoms with Crippen molar-refractivity contribution in [3.8, 4) is 11.5 Å². The number of pyridine rings is 1. The average Bonchev–Trinajstić information content (AvgIpc) is 1.68. The number of non-ortho nitro benzene ring substituents is 3. The first kappa shape index (κ1) is 85.9. The quantitative estimate of drug-likeness (QED) is 0.0131. The van der Waals surface area contributed by atoms with Crippen LogP contribution in [0.3, 0.4) is 0 Å². The number of halogens is 1. The second-order valence-corrected chi connectivity index (χ2v) is 30.4. The summed E-state index contributed by atoms with van der Waals surface area (Å²) in [6.45, 7) is 13.1. The molecule has 6 N–H and O–H groups in total. The predicted octanol–water partition coefficient (Wildman–Crippen LogP) is 13.3. The van der Waals surface area contributed by atoms with E-state index in [1.54, 1.807) is 67.7 Å². The molecule has 106 heavy (non-hydrogen) atoms. The number of fused-ring (bicyclic) bond motifs is 1. The van der Waals surface area contributed by atoms with Crippen LogP contribution >= 0.6 is 10.7 Å². The number of nitrogen functional groups attached to an aromatic ring is 1. The van der Waals surface area contributed by atoms with Crippen LogP contribution in [0.4, 0.5) is 34.5 Å². The Hall–Kier alpha value is -9.04. The molecule has 1 amide bonds. The van der Waals surface area contributed by atoms with Gasteiger partial charge in [-0.05, 0) is 206 Å². The van der Waals surface area contributed by atoms with Gasteiger partial charge in [0, 0.05) is 110 Å². The molecule has 4 aliphatic heterocycles. The van der Waals surface area contributed by atoms with Gasteiger partial charge in [-0.15, -0.1) is 0 Å². The molecule has 0 bridgehead atoms. The third-order valence-electron chi connectivity index (χ3n) is 17.1. The average molecular weight is 1520 g/mol. The standard InChI is InChI=1S/C27H29N5O3.C13H18N2O2.C13H20N2.C9H11NO5S.C8H9NO3.C5H11N.CH3ClO2S/c1-28-26(33)24-17-22(10-12-29-24)34-21-8-9-23-25(18-21)35-27(31-23)30-20-7-5-6-19(16-20)11-15-32-13-3-2-4-14-32;16-15(17)13-6-4-5-12(11-13)7-10-14-8-2-1-3-9-14;14-13-6-4-5-12(11-13)7-10-15-8-2-1-3-9-15;1-16(13,14)15-6-5-8-3-2-4-9(7-8)10(11)12;10-5-4-7-2-1-3-8(6-7)9(11)12;1-2-4-6-5-3-1;1-5(2,3)4/h5-10,12,16-18H,2-4,11,13-15H2,1H3,(H,28,33)(H,30,31);4-6,11H,1-3,7-10H2;4-6,11H,1-3,7-10,14H2;2-4,7H,5-6H2,1H3;1-3,6,10H,4-5H2;6H,1-5H2;1H3. The van der Waals surface area contributed by atoms with Gasteiger partial charge in [-0.25, -0.2) is 8.42 Å². The Morgan fingerprint density at radius 1 is 0.575 bits per heavy atom. The van der Waals surface area contributed by atoms with Crippen molar-refractivity contribution < 1.29 is 54.8 Å². The van der Waals surface area contributed by atoms with Crippen LogP contribution in [0.1, 0.15) is 115 Å². The number of aliphatic hydroxyl groups is 1. The number of piperidine rings is 4. The molecular weight excluding hydrogens is 1420 g/mol. The molecule has 4 fully saturated rings. The number of benzene rings is 6. The first-order valence-electron chi connectivity index (χ1n) is 35.8. The second kappa shape index (κ2) is 46.8. The van der Waals surface area contributed by atoms with E-state index >= 15 is 0 Å². The Labute approximate surface area is 626 Å². The summed E-state index contributed by atoms with van der Waals surface area (Å²) in [5, 5.41) is 49.1. The number of nitrogens with two attached hydrogens (primary N) is 1. The maximum atomic E-state index is 11.8. The van der Waals surface area contributed by atoms with Gasteiger partial charge in [0.2, 0.25) is 9.05 Å². The third-order valence-corrected chi connectivity index (χ3v) is 17.7. The van der Waals surface area contributed by atoms with E-state index in [1.807, 2.05) is 36.4 Å². The second-order valence-electron chi connectivity index (χ2n) is 25.8. The van der Waals surface area contributed by atoms with Crippen molar-refractivity contribution in [3.63, 3.8) is 0 Å². The minimum absolute atomic E-state index is 0.0139. The number of nitrogens with zero attached hydrogens (tertiary/aromatic N) is 8. The number of likely N-dealkylation sites (tertiary alicyclic amines) is 3. The molecule has 6 aromatic carbocycles. The van der Waals surface area contributed by atoms with Gasteiger partial charge in [-0.1, -0.05) is 86.3 Å². The Morgan fingerprint density at radius 3 is 1.44 bits per heavy atom. The van der Waals surface area contributed by atoms with Gasteiger partial charge in [-0.3, -0.25) is 44.3 Å². The maximum absolute atomic E-state index is 11.8. The van der Waals surface area contributed by atoms with Crippen molar-refractivity contribution in [3.05, 3.63) is 222 Å². The molecule has 574 valence electrons. The highest BCUT2D eigenvalue weighted by Crippen LogP contribution is 2.30. The van der Waals surface area contributed by atoms with Crippen molar-refractivity contribution >= 4 is 81.3 Å². The molecule has 12 rings (SSSR count). The number of nitro benzene ring substituents is 3. The van der Waals surface area contributed by atoms with E-state index in [0.29, 0.717) is 41.5 Å². The van der Waals surface area contributed by atoms with Crippen LogP contribution in [0.25, 0.3) is 11.1 Å². The molecule has 0 spiro atoms. The lowest BCUT2D eigenvalue weighted by molar-refractivity contribution is -0.385. The zero-order valence-corrected chi connectivity index (χ0v) is 63.1.